The summed E-state index contributed by atoms with van der Waals surface area (Å²) < 4.78 is 0. The number of hydrogen-bond acceptors (Lipinski definition) is 3. The normalized spacial score (nSPS) is 17.8. The van der Waals surface area contributed by atoms with Crippen LogP contribution in [0.4, 0.5) is 5.69 Å². The molecule has 1 fully saturated rings. The Labute approximate surface area is 97.9 Å². The number of guanidine groups is 1. The Morgan fingerprint density at radius 2 is 2.25 bits per heavy atom. The van der Waals surface area contributed by atoms with Gasteiger partial charge in [0, 0.05) is 17.1 Å². The first-order valence-electron chi connectivity index (χ1n) is 5.06. The van der Waals surface area contributed by atoms with Crippen LogP contribution in [0.1, 0.15) is 11.1 Å². The lowest BCUT2D eigenvalue weighted by atomic mass is 10.1. The number of fused-ring (bicyclic) bond motifs is 2. The van der Waals surface area contributed by atoms with E-state index in [0.717, 1.165) is 21.8 Å². The number of benzene rings is 1. The number of carbonyl (C=O) groups is 1. The van der Waals surface area contributed by atoms with Gasteiger partial charge < -0.3 is 4.90 Å². The monoisotopic (exact) mass is 235 g/mol. The van der Waals surface area contributed by atoms with Crippen LogP contribution in [0.3, 0.4) is 0 Å². The van der Waals surface area contributed by atoms with Crippen molar-refractivity contribution in [2.75, 3.05) is 6.54 Å². The van der Waals surface area contributed by atoms with Gasteiger partial charge in [-0.15, -0.1) is 0 Å². The number of nitrogens with zero attached hydrogens (tertiary/aromatic N) is 2. The molecule has 82 valence electrons. The SMILES string of the molecule is Cc1c(Cl)ccc2c1CN1CC(=O)NC1=N2. The van der Waals surface area contributed by atoms with Gasteiger partial charge in [-0.25, -0.2) is 4.99 Å². The van der Waals surface area contributed by atoms with Crippen molar-refractivity contribution in [2.24, 2.45) is 4.99 Å². The Morgan fingerprint density at radius 3 is 3.06 bits per heavy atom. The van der Waals surface area contributed by atoms with Gasteiger partial charge in [0.15, 0.2) is 0 Å². The smallest absolute Gasteiger partial charge is 0.246 e. The fraction of sp³-hybridized carbons (Fsp3) is 0.273. The zero-order chi connectivity index (χ0) is 11.3. The fourth-order valence-electron chi connectivity index (χ4n) is 2.04. The first-order chi connectivity index (χ1) is 7.65. The summed E-state index contributed by atoms with van der Waals surface area (Å²) in [6.45, 7) is 3.05. The average molecular weight is 236 g/mol. The zero-order valence-corrected chi connectivity index (χ0v) is 9.51. The summed E-state index contributed by atoms with van der Waals surface area (Å²) in [5, 5.41) is 3.48. The van der Waals surface area contributed by atoms with Crippen LogP contribution in [-0.4, -0.2) is 23.3 Å². The summed E-state index contributed by atoms with van der Waals surface area (Å²) in [5.74, 6) is 0.648. The van der Waals surface area contributed by atoms with Crippen LogP contribution in [-0.2, 0) is 11.3 Å². The van der Waals surface area contributed by atoms with E-state index in [1.165, 1.54) is 0 Å². The molecule has 0 saturated carbocycles. The second kappa shape index (κ2) is 3.22. The molecule has 1 amide bonds. The molecule has 3 rings (SSSR count). The predicted octanol–water partition coefficient (Wildman–Crippen LogP) is 1.58. The molecule has 4 nitrogen and oxygen atoms in total. The molecule has 5 heteroatoms. The maximum Gasteiger partial charge on any atom is 0.246 e. The van der Waals surface area contributed by atoms with Crippen molar-refractivity contribution in [3.8, 4) is 0 Å². The summed E-state index contributed by atoms with van der Waals surface area (Å²) in [5.41, 5.74) is 3.05. The summed E-state index contributed by atoms with van der Waals surface area (Å²) in [7, 11) is 0. The van der Waals surface area contributed by atoms with Crippen molar-refractivity contribution in [1.82, 2.24) is 10.2 Å². The highest BCUT2D eigenvalue weighted by Crippen LogP contribution is 2.33. The van der Waals surface area contributed by atoms with Crippen LogP contribution in [0.25, 0.3) is 0 Å². The summed E-state index contributed by atoms with van der Waals surface area (Å²) in [4.78, 5) is 17.6. The quantitative estimate of drug-likeness (QED) is 0.742. The van der Waals surface area contributed by atoms with Crippen molar-refractivity contribution >= 4 is 29.2 Å². The zero-order valence-electron chi connectivity index (χ0n) is 8.75. The molecule has 1 saturated heterocycles. The third kappa shape index (κ3) is 1.30. The largest absolute Gasteiger partial charge is 0.329 e. The lowest BCUT2D eigenvalue weighted by Gasteiger charge is -2.24. The second-order valence-corrected chi connectivity index (χ2v) is 4.42. The number of aliphatic imine (C=N–C) groups is 1. The molecule has 0 unspecified atom stereocenters. The van der Waals surface area contributed by atoms with Gasteiger partial charge in [-0.2, -0.15) is 0 Å². The Morgan fingerprint density at radius 1 is 1.44 bits per heavy atom. The van der Waals surface area contributed by atoms with Crippen LogP contribution < -0.4 is 5.32 Å². The minimum atomic E-state index is -0.00435. The highest BCUT2D eigenvalue weighted by atomic mass is 35.5. The molecule has 2 aliphatic rings. The van der Waals surface area contributed by atoms with E-state index in [0.29, 0.717) is 19.0 Å². The Balaban J connectivity index is 2.12. The van der Waals surface area contributed by atoms with Gasteiger partial charge in [0.2, 0.25) is 11.9 Å². The van der Waals surface area contributed by atoms with E-state index in [1.54, 1.807) is 0 Å². The number of hydrogen-bond donors (Lipinski definition) is 1. The lowest BCUT2D eigenvalue weighted by molar-refractivity contribution is -0.118. The number of halogens is 1. The second-order valence-electron chi connectivity index (χ2n) is 4.01. The van der Waals surface area contributed by atoms with Crippen molar-refractivity contribution in [3.63, 3.8) is 0 Å². The molecule has 1 aromatic rings. The molecule has 0 radical (unpaired) electrons. The standard InChI is InChI=1S/C11H10ClN3O/c1-6-7-4-15-5-10(16)14-11(15)13-9(7)3-2-8(6)12/h2-3H,4-5H2,1H3,(H,13,14,16). The molecular weight excluding hydrogens is 226 g/mol. The Bertz CT molecular complexity index is 524. The molecule has 0 aromatic heterocycles. The maximum atomic E-state index is 11.3. The number of amides is 1. The molecule has 0 spiro atoms. The molecule has 1 N–H and O–H groups in total. The first kappa shape index (κ1) is 9.66. The van der Waals surface area contributed by atoms with Gasteiger partial charge in [0.05, 0.1) is 5.69 Å². The van der Waals surface area contributed by atoms with Crippen molar-refractivity contribution in [1.29, 1.82) is 0 Å². The number of rotatable bonds is 0. The average Bonchev–Trinajstić information content (AvgIpc) is 2.61. The van der Waals surface area contributed by atoms with Crippen LogP contribution in [0, 0.1) is 6.92 Å². The van der Waals surface area contributed by atoms with E-state index < -0.39 is 0 Å². The molecule has 0 atom stereocenters. The topological polar surface area (TPSA) is 44.7 Å². The highest BCUT2D eigenvalue weighted by molar-refractivity contribution is 6.31. The van der Waals surface area contributed by atoms with Crippen molar-refractivity contribution < 1.29 is 4.79 Å². The van der Waals surface area contributed by atoms with Crippen LogP contribution in [0.2, 0.25) is 5.02 Å². The summed E-state index contributed by atoms with van der Waals surface area (Å²) in [6, 6.07) is 3.73. The molecular formula is C11H10ClN3O. The van der Waals surface area contributed by atoms with E-state index in [9.17, 15) is 4.79 Å². The summed E-state index contributed by atoms with van der Waals surface area (Å²) in [6.07, 6.45) is 0. The van der Waals surface area contributed by atoms with Crippen LogP contribution in [0.15, 0.2) is 17.1 Å². The molecule has 1 aromatic carbocycles. The van der Waals surface area contributed by atoms with Gasteiger partial charge in [0.25, 0.3) is 0 Å². The third-order valence-electron chi connectivity index (χ3n) is 2.97. The predicted molar refractivity (Wildman–Crippen MR) is 61.8 cm³/mol. The van der Waals surface area contributed by atoms with Gasteiger partial charge in [0.1, 0.15) is 6.54 Å². The Kier molecular flexibility index (Phi) is 1.94. The van der Waals surface area contributed by atoms with Crippen molar-refractivity contribution in [3.05, 3.63) is 28.3 Å². The maximum absolute atomic E-state index is 11.3. The van der Waals surface area contributed by atoms with Crippen LogP contribution >= 0.6 is 11.6 Å². The van der Waals surface area contributed by atoms with Gasteiger partial charge in [-0.3, -0.25) is 10.1 Å². The van der Waals surface area contributed by atoms with Gasteiger partial charge in [-0.1, -0.05) is 11.6 Å². The van der Waals surface area contributed by atoms with Gasteiger partial charge in [-0.05, 0) is 24.6 Å². The van der Waals surface area contributed by atoms with E-state index in [2.05, 4.69) is 10.3 Å². The fourth-order valence-corrected chi connectivity index (χ4v) is 2.22. The third-order valence-corrected chi connectivity index (χ3v) is 3.38. The first-order valence-corrected chi connectivity index (χ1v) is 5.44. The lowest BCUT2D eigenvalue weighted by Crippen LogP contribution is -2.32. The molecule has 16 heavy (non-hydrogen) atoms. The van der Waals surface area contributed by atoms with E-state index in [4.69, 9.17) is 11.6 Å². The molecule has 0 aliphatic carbocycles. The van der Waals surface area contributed by atoms with Crippen molar-refractivity contribution in [2.45, 2.75) is 13.5 Å². The number of carbonyl (C=O) groups excluding carboxylic acids is 1. The van der Waals surface area contributed by atoms with Gasteiger partial charge >= 0.3 is 0 Å². The van der Waals surface area contributed by atoms with E-state index >= 15 is 0 Å². The molecule has 2 heterocycles. The van der Waals surface area contributed by atoms with Crippen LogP contribution in [0.5, 0.6) is 0 Å². The summed E-state index contributed by atoms with van der Waals surface area (Å²) >= 11 is 6.07. The minimum absolute atomic E-state index is 0.00435. The minimum Gasteiger partial charge on any atom is -0.329 e. The Hall–Kier alpha value is -1.55. The number of nitrogens with one attached hydrogen (secondary N) is 1. The highest BCUT2D eigenvalue weighted by Gasteiger charge is 2.29. The molecule has 2 aliphatic heterocycles. The molecule has 0 bridgehead atoms. The van der Waals surface area contributed by atoms with E-state index in [1.807, 2.05) is 24.0 Å². The van der Waals surface area contributed by atoms with E-state index in [-0.39, 0.29) is 5.91 Å².